The Hall–Kier alpha value is -3.00. The van der Waals surface area contributed by atoms with Gasteiger partial charge in [-0.25, -0.2) is 0 Å². The third kappa shape index (κ3) is 3.57. The van der Waals surface area contributed by atoms with Crippen LogP contribution in [0, 0.1) is 0 Å². The zero-order valence-corrected chi connectivity index (χ0v) is 20.6. The van der Waals surface area contributed by atoms with E-state index in [1.54, 1.807) is 12.2 Å². The maximum Gasteiger partial charge on any atom is 0.161 e. The summed E-state index contributed by atoms with van der Waals surface area (Å²) in [6.45, 7) is 26.0. The molecule has 0 bridgehead atoms. The fraction of sp³-hybridized carbons (Fsp3) is 0.355. The second-order valence-corrected chi connectivity index (χ2v) is 10.7. The molecule has 1 spiro atoms. The van der Waals surface area contributed by atoms with Crippen LogP contribution in [0.1, 0.15) is 73.9 Å². The largest absolute Gasteiger partial charge is 0.486 e. The van der Waals surface area contributed by atoms with Crippen molar-refractivity contribution in [2.45, 2.75) is 56.8 Å². The molecule has 0 heterocycles. The van der Waals surface area contributed by atoms with E-state index >= 15 is 0 Å². The lowest BCUT2D eigenvalue weighted by Crippen LogP contribution is -2.27. The van der Waals surface area contributed by atoms with Crippen LogP contribution in [0.4, 0.5) is 0 Å². The minimum Gasteiger partial charge on any atom is -0.486 e. The van der Waals surface area contributed by atoms with E-state index in [0.29, 0.717) is 13.2 Å². The molecule has 2 aromatic carbocycles. The topological polar surface area (TPSA) is 18.5 Å². The molecule has 4 rings (SSSR count). The highest BCUT2D eigenvalue weighted by Crippen LogP contribution is 2.64. The van der Waals surface area contributed by atoms with Gasteiger partial charge in [0.15, 0.2) is 11.5 Å². The summed E-state index contributed by atoms with van der Waals surface area (Å²) in [4.78, 5) is 0. The Morgan fingerprint density at radius 1 is 0.667 bits per heavy atom. The van der Waals surface area contributed by atoms with Crippen LogP contribution < -0.4 is 9.47 Å². The molecule has 2 nitrogen and oxygen atoms in total. The summed E-state index contributed by atoms with van der Waals surface area (Å²) in [5.41, 5.74) is 7.76. The summed E-state index contributed by atoms with van der Waals surface area (Å²) in [6, 6.07) is 9.11. The number of hydrogen-bond acceptors (Lipinski definition) is 2. The SMILES string of the molecule is C=CCOc1cc2c(cc1OCC=C)C1(CC(C)(C)c3cc(C=C)c(C=C)cc31)CC2(C)C. The highest BCUT2D eigenvalue weighted by Gasteiger charge is 2.56. The van der Waals surface area contributed by atoms with E-state index in [2.05, 4.69) is 78.3 Å². The lowest BCUT2D eigenvalue weighted by Gasteiger charge is -2.31. The predicted molar refractivity (Wildman–Crippen MR) is 141 cm³/mol. The molecule has 2 aromatic rings. The van der Waals surface area contributed by atoms with Gasteiger partial charge in [-0.15, -0.1) is 0 Å². The summed E-state index contributed by atoms with van der Waals surface area (Å²) >= 11 is 0. The molecule has 2 aliphatic carbocycles. The first-order valence-electron chi connectivity index (χ1n) is 11.7. The van der Waals surface area contributed by atoms with E-state index in [0.717, 1.165) is 35.5 Å². The average molecular weight is 441 g/mol. The van der Waals surface area contributed by atoms with Gasteiger partial charge in [0.05, 0.1) is 0 Å². The average Bonchev–Trinajstić information content (AvgIpc) is 3.13. The number of fused-ring (bicyclic) bond motifs is 4. The summed E-state index contributed by atoms with van der Waals surface area (Å²) in [5.74, 6) is 1.54. The van der Waals surface area contributed by atoms with Crippen molar-refractivity contribution in [3.8, 4) is 11.5 Å². The molecule has 1 unspecified atom stereocenters. The molecule has 0 aromatic heterocycles. The van der Waals surface area contributed by atoms with E-state index in [9.17, 15) is 0 Å². The predicted octanol–water partition coefficient (Wildman–Crippen LogP) is 7.75. The molecule has 0 amide bonds. The second kappa shape index (κ2) is 8.09. The summed E-state index contributed by atoms with van der Waals surface area (Å²) in [5, 5.41) is 0. The van der Waals surface area contributed by atoms with Crippen molar-refractivity contribution in [3.05, 3.63) is 96.1 Å². The number of rotatable bonds is 8. The van der Waals surface area contributed by atoms with Gasteiger partial charge in [-0.3, -0.25) is 0 Å². The maximum absolute atomic E-state index is 6.09. The number of ether oxygens (including phenoxy) is 2. The van der Waals surface area contributed by atoms with Crippen LogP contribution in [0.5, 0.6) is 11.5 Å². The fourth-order valence-corrected chi connectivity index (χ4v) is 6.27. The van der Waals surface area contributed by atoms with Crippen LogP contribution in [0.25, 0.3) is 12.2 Å². The summed E-state index contributed by atoms with van der Waals surface area (Å²) in [7, 11) is 0. The Morgan fingerprint density at radius 3 is 1.52 bits per heavy atom. The Morgan fingerprint density at radius 2 is 1.06 bits per heavy atom. The molecular weight excluding hydrogens is 404 g/mol. The van der Waals surface area contributed by atoms with Gasteiger partial charge in [0.1, 0.15) is 13.2 Å². The Kier molecular flexibility index (Phi) is 5.68. The lowest BCUT2D eigenvalue weighted by atomic mass is 9.72. The molecule has 172 valence electrons. The minimum absolute atomic E-state index is 0.00172. The summed E-state index contributed by atoms with van der Waals surface area (Å²) < 4.78 is 12.1. The van der Waals surface area contributed by atoms with Crippen LogP contribution >= 0.6 is 0 Å². The van der Waals surface area contributed by atoms with Gasteiger partial charge in [-0.05, 0) is 75.3 Å². The normalized spacial score (nSPS) is 21.2. The van der Waals surface area contributed by atoms with Crippen molar-refractivity contribution in [2.75, 3.05) is 13.2 Å². The summed E-state index contributed by atoms with van der Waals surface area (Å²) in [6.07, 6.45) is 9.52. The van der Waals surface area contributed by atoms with Crippen LogP contribution in [-0.4, -0.2) is 13.2 Å². The zero-order valence-electron chi connectivity index (χ0n) is 20.6. The van der Waals surface area contributed by atoms with E-state index in [1.807, 2.05) is 12.2 Å². The molecule has 2 heteroatoms. The van der Waals surface area contributed by atoms with Crippen LogP contribution in [0.3, 0.4) is 0 Å². The van der Waals surface area contributed by atoms with Gasteiger partial charge in [0, 0.05) is 5.41 Å². The second-order valence-electron chi connectivity index (χ2n) is 10.7. The molecule has 1 atom stereocenters. The molecule has 33 heavy (non-hydrogen) atoms. The van der Waals surface area contributed by atoms with Crippen molar-refractivity contribution in [1.29, 1.82) is 0 Å². The first-order chi connectivity index (χ1) is 15.6. The standard InChI is InChI=1S/C31H36O2/c1-9-13-32-27-17-24-26(18-28(27)33-14-10-2)31(20-30(24,7)8)19-29(5,6)23-15-21(11-3)22(12-4)16-25(23)31/h9-12,15-18H,1-4,13-14,19-20H2,5-8H3. The first kappa shape index (κ1) is 23.2. The Balaban J connectivity index is 1.99. The fourth-order valence-electron chi connectivity index (χ4n) is 6.27. The van der Waals surface area contributed by atoms with Gasteiger partial charge in [0.25, 0.3) is 0 Å². The van der Waals surface area contributed by atoms with E-state index in [-0.39, 0.29) is 16.2 Å². The minimum atomic E-state index is -0.0849. The third-order valence-electron chi connectivity index (χ3n) is 7.44. The van der Waals surface area contributed by atoms with E-state index in [1.165, 1.54) is 22.3 Å². The van der Waals surface area contributed by atoms with Gasteiger partial charge in [0.2, 0.25) is 0 Å². The van der Waals surface area contributed by atoms with Crippen molar-refractivity contribution >= 4 is 12.2 Å². The van der Waals surface area contributed by atoms with Gasteiger partial charge < -0.3 is 9.47 Å². The molecule has 0 aliphatic heterocycles. The molecule has 0 saturated carbocycles. The van der Waals surface area contributed by atoms with Crippen molar-refractivity contribution in [1.82, 2.24) is 0 Å². The zero-order chi connectivity index (χ0) is 24.0. The maximum atomic E-state index is 6.09. The lowest BCUT2D eigenvalue weighted by molar-refractivity contribution is 0.307. The van der Waals surface area contributed by atoms with Crippen LogP contribution in [0.15, 0.2) is 62.7 Å². The molecule has 0 N–H and O–H groups in total. The number of hydrogen-bond donors (Lipinski definition) is 0. The van der Waals surface area contributed by atoms with Crippen molar-refractivity contribution in [3.63, 3.8) is 0 Å². The van der Waals surface area contributed by atoms with Gasteiger partial charge >= 0.3 is 0 Å². The Labute approximate surface area is 199 Å². The Bertz CT molecular complexity index is 1150. The van der Waals surface area contributed by atoms with Crippen molar-refractivity contribution in [2.24, 2.45) is 0 Å². The van der Waals surface area contributed by atoms with E-state index < -0.39 is 0 Å². The highest BCUT2D eigenvalue weighted by atomic mass is 16.5. The number of benzene rings is 2. The first-order valence-corrected chi connectivity index (χ1v) is 11.7. The third-order valence-corrected chi connectivity index (χ3v) is 7.44. The van der Waals surface area contributed by atoms with Gasteiger partial charge in [-0.2, -0.15) is 0 Å². The quantitative estimate of drug-likeness (QED) is 0.391. The van der Waals surface area contributed by atoms with Crippen LogP contribution in [0.2, 0.25) is 0 Å². The molecule has 0 saturated heterocycles. The smallest absolute Gasteiger partial charge is 0.161 e. The molecule has 0 radical (unpaired) electrons. The van der Waals surface area contributed by atoms with Gasteiger partial charge in [-0.1, -0.05) is 84.4 Å². The highest BCUT2D eigenvalue weighted by molar-refractivity contribution is 5.71. The monoisotopic (exact) mass is 440 g/mol. The van der Waals surface area contributed by atoms with Crippen molar-refractivity contribution < 1.29 is 9.47 Å². The van der Waals surface area contributed by atoms with Crippen LogP contribution in [-0.2, 0) is 16.2 Å². The molecule has 2 aliphatic rings. The van der Waals surface area contributed by atoms with E-state index in [4.69, 9.17) is 9.47 Å². The molecule has 0 fully saturated rings. The molecular formula is C31H36O2.